The number of carbonyl (C=O) groups excluding carboxylic acids is 3. The van der Waals surface area contributed by atoms with Gasteiger partial charge < -0.3 is 15.2 Å². The summed E-state index contributed by atoms with van der Waals surface area (Å²) in [7, 11) is 0. The van der Waals surface area contributed by atoms with Gasteiger partial charge >= 0.3 is 11.9 Å². The molecule has 0 aliphatic heterocycles. The van der Waals surface area contributed by atoms with Crippen LogP contribution in [0.3, 0.4) is 0 Å². The standard InChI is InChI=1S/C16H21ClN2O6/c1-15(2,18)13(21)23-9-24-14(22)16(3,4)25-19-12(20)10-5-7-11(17)8-6-10/h5-8H,9,18H2,1-4H3,(H,19,20). The molecule has 8 nitrogen and oxygen atoms in total. The van der Waals surface area contributed by atoms with Gasteiger partial charge in [0, 0.05) is 10.6 Å². The topological polar surface area (TPSA) is 117 Å². The molecule has 0 bridgehead atoms. The van der Waals surface area contributed by atoms with E-state index in [1.807, 2.05) is 0 Å². The molecule has 0 aliphatic rings. The Balaban J connectivity index is 2.48. The lowest BCUT2D eigenvalue weighted by atomic mass is 10.1. The van der Waals surface area contributed by atoms with Gasteiger partial charge in [-0.15, -0.1) is 0 Å². The van der Waals surface area contributed by atoms with E-state index in [4.69, 9.17) is 31.6 Å². The predicted molar refractivity (Wildman–Crippen MR) is 89.4 cm³/mol. The molecule has 0 saturated heterocycles. The number of benzene rings is 1. The van der Waals surface area contributed by atoms with Gasteiger partial charge in [0.25, 0.3) is 5.91 Å². The smallest absolute Gasteiger partial charge is 0.343 e. The van der Waals surface area contributed by atoms with Crippen molar-refractivity contribution in [3.8, 4) is 0 Å². The highest BCUT2D eigenvalue weighted by Crippen LogP contribution is 2.13. The maximum absolute atomic E-state index is 12.0. The van der Waals surface area contributed by atoms with Gasteiger partial charge in [0.15, 0.2) is 5.60 Å². The van der Waals surface area contributed by atoms with Crippen molar-refractivity contribution >= 4 is 29.4 Å². The average Bonchev–Trinajstić information content (AvgIpc) is 2.52. The normalized spacial score (nSPS) is 11.6. The molecule has 9 heteroatoms. The van der Waals surface area contributed by atoms with Crippen LogP contribution in [0.5, 0.6) is 0 Å². The van der Waals surface area contributed by atoms with E-state index in [1.54, 1.807) is 12.1 Å². The zero-order valence-electron chi connectivity index (χ0n) is 14.4. The minimum atomic E-state index is -1.51. The second-order valence-electron chi connectivity index (χ2n) is 6.25. The third-order valence-corrected chi connectivity index (χ3v) is 3.15. The molecule has 0 saturated carbocycles. The molecule has 138 valence electrons. The quantitative estimate of drug-likeness (QED) is 0.423. The summed E-state index contributed by atoms with van der Waals surface area (Å²) in [4.78, 5) is 40.4. The van der Waals surface area contributed by atoms with Crippen LogP contribution in [-0.2, 0) is 23.9 Å². The minimum Gasteiger partial charge on any atom is -0.426 e. The highest BCUT2D eigenvalue weighted by Gasteiger charge is 2.33. The van der Waals surface area contributed by atoms with Crippen LogP contribution in [0.4, 0.5) is 0 Å². The number of esters is 2. The molecule has 0 aromatic heterocycles. The average molecular weight is 373 g/mol. The van der Waals surface area contributed by atoms with Gasteiger partial charge in [-0.25, -0.2) is 15.1 Å². The summed E-state index contributed by atoms with van der Waals surface area (Å²) in [6, 6.07) is 6.09. The van der Waals surface area contributed by atoms with Crippen LogP contribution in [-0.4, -0.2) is 35.8 Å². The van der Waals surface area contributed by atoms with E-state index >= 15 is 0 Å². The first kappa shape index (κ1) is 20.9. The van der Waals surface area contributed by atoms with Crippen LogP contribution in [0.1, 0.15) is 38.1 Å². The van der Waals surface area contributed by atoms with Crippen LogP contribution in [0, 0.1) is 0 Å². The van der Waals surface area contributed by atoms with E-state index in [2.05, 4.69) is 5.48 Å². The molecule has 1 amide bonds. The molecule has 0 fully saturated rings. The number of halogens is 1. The van der Waals surface area contributed by atoms with Crippen molar-refractivity contribution in [1.82, 2.24) is 5.48 Å². The van der Waals surface area contributed by atoms with Crippen molar-refractivity contribution in [2.24, 2.45) is 5.73 Å². The highest BCUT2D eigenvalue weighted by molar-refractivity contribution is 6.30. The Labute approximate surface area is 150 Å². The Morgan fingerprint density at radius 2 is 1.56 bits per heavy atom. The van der Waals surface area contributed by atoms with E-state index in [0.29, 0.717) is 10.6 Å². The number of hydrogen-bond donors (Lipinski definition) is 2. The molecule has 0 aliphatic carbocycles. The number of nitrogens with one attached hydrogen (secondary N) is 1. The second-order valence-corrected chi connectivity index (χ2v) is 6.69. The van der Waals surface area contributed by atoms with Gasteiger partial charge in [-0.3, -0.25) is 9.63 Å². The van der Waals surface area contributed by atoms with Gasteiger partial charge in [-0.05, 0) is 52.0 Å². The van der Waals surface area contributed by atoms with Crippen molar-refractivity contribution in [1.29, 1.82) is 0 Å². The molecule has 0 radical (unpaired) electrons. The van der Waals surface area contributed by atoms with E-state index < -0.39 is 35.8 Å². The van der Waals surface area contributed by atoms with Crippen LogP contribution in [0.25, 0.3) is 0 Å². The number of ether oxygens (including phenoxy) is 2. The molecular weight excluding hydrogens is 352 g/mol. The maximum Gasteiger partial charge on any atom is 0.343 e. The van der Waals surface area contributed by atoms with Gasteiger partial charge in [-0.2, -0.15) is 0 Å². The molecule has 0 heterocycles. The van der Waals surface area contributed by atoms with Crippen LogP contribution < -0.4 is 11.2 Å². The first-order valence-corrected chi connectivity index (χ1v) is 7.68. The zero-order chi connectivity index (χ0) is 19.3. The first-order valence-electron chi connectivity index (χ1n) is 7.31. The third kappa shape index (κ3) is 6.69. The monoisotopic (exact) mass is 372 g/mol. The Morgan fingerprint density at radius 3 is 2.08 bits per heavy atom. The summed E-state index contributed by atoms with van der Waals surface area (Å²) in [6.07, 6.45) is 0. The van der Waals surface area contributed by atoms with Crippen molar-refractivity contribution < 1.29 is 28.7 Å². The first-order chi connectivity index (χ1) is 11.4. The SMILES string of the molecule is CC(C)(N)C(=O)OCOC(=O)C(C)(C)ONC(=O)c1ccc(Cl)cc1. The fraction of sp³-hybridized carbons (Fsp3) is 0.438. The fourth-order valence-electron chi connectivity index (χ4n) is 1.37. The molecule has 3 N–H and O–H groups in total. The van der Waals surface area contributed by atoms with Crippen molar-refractivity contribution in [3.05, 3.63) is 34.9 Å². The molecule has 25 heavy (non-hydrogen) atoms. The number of hydroxylamine groups is 1. The largest absolute Gasteiger partial charge is 0.426 e. The van der Waals surface area contributed by atoms with Crippen LogP contribution >= 0.6 is 11.6 Å². The molecule has 0 unspecified atom stereocenters. The third-order valence-electron chi connectivity index (χ3n) is 2.90. The number of amides is 1. The summed E-state index contributed by atoms with van der Waals surface area (Å²) < 4.78 is 9.51. The van der Waals surface area contributed by atoms with Gasteiger partial charge in [0.05, 0.1) is 0 Å². The van der Waals surface area contributed by atoms with Crippen molar-refractivity contribution in [2.45, 2.75) is 38.8 Å². The van der Waals surface area contributed by atoms with Crippen molar-refractivity contribution in [3.63, 3.8) is 0 Å². The Morgan fingerprint density at radius 1 is 1.04 bits per heavy atom. The van der Waals surface area contributed by atoms with Crippen molar-refractivity contribution in [2.75, 3.05) is 6.79 Å². The predicted octanol–water partition coefficient (Wildman–Crippen LogP) is 1.56. The van der Waals surface area contributed by atoms with Gasteiger partial charge in [0.1, 0.15) is 5.54 Å². The molecular formula is C16H21ClN2O6. The van der Waals surface area contributed by atoms with E-state index in [1.165, 1.54) is 39.8 Å². The lowest BCUT2D eigenvalue weighted by Crippen LogP contribution is -2.45. The number of nitrogens with two attached hydrogens (primary N) is 1. The van der Waals surface area contributed by atoms with E-state index in [0.717, 1.165) is 0 Å². The fourth-order valence-corrected chi connectivity index (χ4v) is 1.50. The van der Waals surface area contributed by atoms with E-state index in [-0.39, 0.29) is 0 Å². The molecule has 0 spiro atoms. The number of hydrogen-bond acceptors (Lipinski definition) is 7. The summed E-state index contributed by atoms with van der Waals surface area (Å²) in [6.45, 7) is 5.06. The maximum atomic E-state index is 12.0. The highest BCUT2D eigenvalue weighted by atomic mass is 35.5. The minimum absolute atomic E-state index is 0.299. The Bertz CT molecular complexity index is 637. The van der Waals surface area contributed by atoms with Gasteiger partial charge in [0.2, 0.25) is 6.79 Å². The lowest BCUT2D eigenvalue weighted by Gasteiger charge is -2.23. The summed E-state index contributed by atoms with van der Waals surface area (Å²) in [5.74, 6) is -2.13. The molecule has 1 rings (SSSR count). The van der Waals surface area contributed by atoms with Crippen LogP contribution in [0.2, 0.25) is 5.02 Å². The van der Waals surface area contributed by atoms with Gasteiger partial charge in [-0.1, -0.05) is 11.6 Å². The molecule has 1 aromatic rings. The number of rotatable bonds is 7. The zero-order valence-corrected chi connectivity index (χ0v) is 15.2. The summed E-state index contributed by atoms with van der Waals surface area (Å²) in [5.41, 5.74) is 5.27. The summed E-state index contributed by atoms with van der Waals surface area (Å²) >= 11 is 5.74. The van der Waals surface area contributed by atoms with Crippen LogP contribution in [0.15, 0.2) is 24.3 Å². The molecule has 1 aromatic carbocycles. The molecule has 0 atom stereocenters. The number of carbonyl (C=O) groups is 3. The van der Waals surface area contributed by atoms with E-state index in [9.17, 15) is 14.4 Å². The second kappa shape index (κ2) is 8.28. The lowest BCUT2D eigenvalue weighted by molar-refractivity contribution is -0.189. The Hall–Kier alpha value is -2.16. The summed E-state index contributed by atoms with van der Waals surface area (Å²) in [5, 5.41) is 0.483. The Kier molecular flexibility index (Phi) is 6.92.